The van der Waals surface area contributed by atoms with Gasteiger partial charge in [0.25, 0.3) is 0 Å². The minimum atomic E-state index is 0.0867. The Morgan fingerprint density at radius 1 is 1.37 bits per heavy atom. The van der Waals surface area contributed by atoms with E-state index in [1.807, 2.05) is 25.2 Å². The number of likely N-dealkylation sites (N-methyl/N-ethyl adjacent to an activating group) is 1. The van der Waals surface area contributed by atoms with Crippen molar-refractivity contribution in [1.29, 1.82) is 0 Å². The Kier molecular flexibility index (Phi) is 3.52. The Morgan fingerprint density at radius 2 is 2.16 bits per heavy atom. The minimum Gasteiger partial charge on any atom is -0.459 e. The summed E-state index contributed by atoms with van der Waals surface area (Å²) < 4.78 is 11.6. The van der Waals surface area contributed by atoms with Crippen LogP contribution in [-0.4, -0.2) is 20.3 Å². The second-order valence-corrected chi connectivity index (χ2v) is 5.57. The fraction of sp³-hybridized carbons (Fsp3) is 0.467. The lowest BCUT2D eigenvalue weighted by Gasteiger charge is -2.23. The molecule has 1 aliphatic carbocycles. The third kappa shape index (κ3) is 2.50. The lowest BCUT2D eigenvalue weighted by molar-refractivity contribution is 0.0469. The van der Waals surface area contributed by atoms with Crippen molar-refractivity contribution in [3.63, 3.8) is 0 Å². The molecule has 0 bridgehead atoms. The molecule has 19 heavy (non-hydrogen) atoms. The summed E-state index contributed by atoms with van der Waals surface area (Å²) in [4.78, 5) is 0. The van der Waals surface area contributed by atoms with Gasteiger partial charge in [0.2, 0.25) is 0 Å². The number of halogens is 1. The average molecular weight is 280 g/mol. The Bertz CT molecular complexity index is 577. The molecule has 4 heteroatoms. The maximum atomic E-state index is 6.01. The van der Waals surface area contributed by atoms with Gasteiger partial charge in [-0.2, -0.15) is 0 Å². The van der Waals surface area contributed by atoms with Crippen molar-refractivity contribution in [3.8, 4) is 0 Å². The van der Waals surface area contributed by atoms with Gasteiger partial charge in [-0.15, -0.1) is 0 Å². The van der Waals surface area contributed by atoms with Gasteiger partial charge < -0.3 is 14.5 Å². The molecule has 0 spiro atoms. The van der Waals surface area contributed by atoms with Gasteiger partial charge in [-0.25, -0.2) is 0 Å². The average Bonchev–Trinajstić information content (AvgIpc) is 3.15. The quantitative estimate of drug-likeness (QED) is 0.905. The molecule has 2 aromatic rings. The SMILES string of the molecule is CNC(c1cc2cc(Cl)ccc2o1)C(OC)C1CC1. The van der Waals surface area contributed by atoms with Crippen molar-refractivity contribution in [3.05, 3.63) is 35.0 Å². The normalized spacial score (nSPS) is 18.7. The summed E-state index contributed by atoms with van der Waals surface area (Å²) in [5.74, 6) is 1.55. The molecule has 3 nitrogen and oxygen atoms in total. The van der Waals surface area contributed by atoms with Gasteiger partial charge in [0.15, 0.2) is 0 Å². The first kappa shape index (κ1) is 13.0. The lowest BCUT2D eigenvalue weighted by Crippen LogP contribution is -2.32. The highest BCUT2D eigenvalue weighted by Gasteiger charge is 2.38. The van der Waals surface area contributed by atoms with E-state index in [2.05, 4.69) is 11.4 Å². The van der Waals surface area contributed by atoms with E-state index < -0.39 is 0 Å². The highest BCUT2D eigenvalue weighted by molar-refractivity contribution is 6.31. The van der Waals surface area contributed by atoms with Gasteiger partial charge >= 0.3 is 0 Å². The van der Waals surface area contributed by atoms with Crippen LogP contribution in [0.1, 0.15) is 24.6 Å². The van der Waals surface area contributed by atoms with Crippen molar-refractivity contribution in [2.45, 2.75) is 25.0 Å². The number of benzene rings is 1. The van der Waals surface area contributed by atoms with E-state index in [4.69, 9.17) is 20.8 Å². The van der Waals surface area contributed by atoms with E-state index in [-0.39, 0.29) is 12.1 Å². The fourth-order valence-corrected chi connectivity index (χ4v) is 2.86. The molecule has 0 amide bonds. The minimum absolute atomic E-state index is 0.0867. The van der Waals surface area contributed by atoms with E-state index in [1.165, 1.54) is 12.8 Å². The molecule has 0 aliphatic heterocycles. The third-order valence-corrected chi connectivity index (χ3v) is 4.04. The Morgan fingerprint density at radius 3 is 2.79 bits per heavy atom. The zero-order valence-electron chi connectivity index (χ0n) is 11.2. The van der Waals surface area contributed by atoms with Crippen molar-refractivity contribution in [1.82, 2.24) is 5.32 Å². The number of fused-ring (bicyclic) bond motifs is 1. The zero-order chi connectivity index (χ0) is 13.4. The van der Waals surface area contributed by atoms with Crippen LogP contribution in [-0.2, 0) is 4.74 Å². The van der Waals surface area contributed by atoms with Crippen LogP contribution in [0.4, 0.5) is 0 Å². The zero-order valence-corrected chi connectivity index (χ0v) is 11.9. The molecule has 1 saturated carbocycles. The van der Waals surface area contributed by atoms with Crippen LogP contribution in [0.15, 0.2) is 28.7 Å². The summed E-state index contributed by atoms with van der Waals surface area (Å²) >= 11 is 6.01. The maximum absolute atomic E-state index is 6.01. The van der Waals surface area contributed by atoms with Crippen LogP contribution in [0.2, 0.25) is 5.02 Å². The van der Waals surface area contributed by atoms with Crippen molar-refractivity contribution >= 4 is 22.6 Å². The smallest absolute Gasteiger partial charge is 0.134 e. The second-order valence-electron chi connectivity index (χ2n) is 5.14. The standard InChI is InChI=1S/C15H18ClNO2/c1-17-14(15(18-2)9-3-4-9)13-8-10-7-11(16)5-6-12(10)19-13/h5-9,14-15,17H,3-4H2,1-2H3. The first-order valence-electron chi connectivity index (χ1n) is 6.62. The highest BCUT2D eigenvalue weighted by Crippen LogP contribution is 2.40. The van der Waals surface area contributed by atoms with E-state index in [9.17, 15) is 0 Å². The van der Waals surface area contributed by atoms with Gasteiger partial charge in [-0.1, -0.05) is 11.6 Å². The van der Waals surface area contributed by atoms with Crippen LogP contribution in [0.3, 0.4) is 0 Å². The van der Waals surface area contributed by atoms with Crippen LogP contribution in [0.5, 0.6) is 0 Å². The molecule has 2 atom stereocenters. The number of hydrogen-bond acceptors (Lipinski definition) is 3. The molecular weight excluding hydrogens is 262 g/mol. The van der Waals surface area contributed by atoms with Crippen molar-refractivity contribution in [2.75, 3.05) is 14.2 Å². The van der Waals surface area contributed by atoms with Gasteiger partial charge in [0.1, 0.15) is 11.3 Å². The van der Waals surface area contributed by atoms with Crippen LogP contribution < -0.4 is 5.32 Å². The molecule has 1 aromatic heterocycles. The molecular formula is C15H18ClNO2. The monoisotopic (exact) mass is 279 g/mol. The second kappa shape index (κ2) is 5.16. The summed E-state index contributed by atoms with van der Waals surface area (Å²) in [6.07, 6.45) is 2.65. The third-order valence-electron chi connectivity index (χ3n) is 3.80. The van der Waals surface area contributed by atoms with E-state index in [0.29, 0.717) is 5.92 Å². The summed E-state index contributed by atoms with van der Waals surface area (Å²) in [6.45, 7) is 0. The summed E-state index contributed by atoms with van der Waals surface area (Å²) in [5.41, 5.74) is 0.866. The van der Waals surface area contributed by atoms with Gasteiger partial charge in [0, 0.05) is 17.5 Å². The number of hydrogen-bond donors (Lipinski definition) is 1. The van der Waals surface area contributed by atoms with Crippen LogP contribution in [0, 0.1) is 5.92 Å². The molecule has 1 aromatic carbocycles. The summed E-state index contributed by atoms with van der Waals surface area (Å²) in [7, 11) is 3.71. The molecule has 1 fully saturated rings. The Hall–Kier alpha value is -1.03. The molecule has 1 aliphatic rings. The maximum Gasteiger partial charge on any atom is 0.134 e. The molecule has 2 unspecified atom stereocenters. The first-order chi connectivity index (χ1) is 9.22. The molecule has 1 N–H and O–H groups in total. The highest BCUT2D eigenvalue weighted by atomic mass is 35.5. The summed E-state index contributed by atoms with van der Waals surface area (Å²) in [5, 5.41) is 5.08. The first-order valence-corrected chi connectivity index (χ1v) is 7.00. The van der Waals surface area contributed by atoms with Crippen molar-refractivity contribution in [2.24, 2.45) is 5.92 Å². The van der Waals surface area contributed by atoms with E-state index in [1.54, 1.807) is 7.11 Å². The number of methoxy groups -OCH3 is 1. The predicted octanol–water partition coefficient (Wildman–Crippen LogP) is 3.77. The Balaban J connectivity index is 1.95. The van der Waals surface area contributed by atoms with E-state index in [0.717, 1.165) is 21.8 Å². The molecule has 0 radical (unpaired) electrons. The number of nitrogens with one attached hydrogen (secondary N) is 1. The number of rotatable bonds is 5. The number of furan rings is 1. The van der Waals surface area contributed by atoms with E-state index >= 15 is 0 Å². The number of ether oxygens (including phenoxy) is 1. The van der Waals surface area contributed by atoms with Crippen LogP contribution in [0.25, 0.3) is 11.0 Å². The molecule has 1 heterocycles. The molecule has 0 saturated heterocycles. The van der Waals surface area contributed by atoms with Crippen LogP contribution >= 0.6 is 11.6 Å². The largest absolute Gasteiger partial charge is 0.459 e. The van der Waals surface area contributed by atoms with Crippen molar-refractivity contribution < 1.29 is 9.15 Å². The van der Waals surface area contributed by atoms with Gasteiger partial charge in [-0.05, 0) is 50.1 Å². The predicted molar refractivity (Wildman–Crippen MR) is 76.5 cm³/mol. The lowest BCUT2D eigenvalue weighted by atomic mass is 10.0. The van der Waals surface area contributed by atoms with Gasteiger partial charge in [0.05, 0.1) is 12.1 Å². The topological polar surface area (TPSA) is 34.4 Å². The molecule has 102 valence electrons. The molecule has 3 rings (SSSR count). The Labute approximate surface area is 117 Å². The van der Waals surface area contributed by atoms with Gasteiger partial charge in [-0.3, -0.25) is 0 Å². The fourth-order valence-electron chi connectivity index (χ4n) is 2.68. The summed E-state index contributed by atoms with van der Waals surface area (Å²) in [6, 6.07) is 7.82.